The van der Waals surface area contributed by atoms with Crippen LogP contribution in [-0.4, -0.2) is 22.6 Å². The quantitative estimate of drug-likeness (QED) is 0.487. The number of Topliss-reactive ketones (excluding diaryl/α,β-unsaturated/α-hetero) is 1. The van der Waals surface area contributed by atoms with E-state index >= 15 is 0 Å². The SMILES string of the molecule is O=C(O)CCC(=O)c1ccc(C#CCCS)cc1. The standard InChI is InChI=1S/C14H14O3S/c15-13(8-9-14(16)17)12-6-4-11(5-7-12)3-1-2-10-18/h4-7,18H,2,8-10H2,(H,16,17). The van der Waals surface area contributed by atoms with Crippen LogP contribution in [0.15, 0.2) is 24.3 Å². The second kappa shape index (κ2) is 7.57. The molecule has 1 N–H and O–H groups in total. The van der Waals surface area contributed by atoms with E-state index in [2.05, 4.69) is 24.5 Å². The van der Waals surface area contributed by atoms with Crippen LogP contribution in [0.25, 0.3) is 0 Å². The van der Waals surface area contributed by atoms with Crippen molar-refractivity contribution in [1.82, 2.24) is 0 Å². The Bertz CT molecular complexity index is 480. The fraction of sp³-hybridized carbons (Fsp3) is 0.286. The Morgan fingerprint density at radius 1 is 1.17 bits per heavy atom. The summed E-state index contributed by atoms with van der Waals surface area (Å²) in [7, 11) is 0. The normalized spacial score (nSPS) is 9.39. The Hall–Kier alpha value is -1.73. The summed E-state index contributed by atoms with van der Waals surface area (Å²) < 4.78 is 0. The molecule has 0 spiro atoms. The van der Waals surface area contributed by atoms with E-state index in [0.29, 0.717) is 5.56 Å². The molecule has 0 radical (unpaired) electrons. The van der Waals surface area contributed by atoms with Gasteiger partial charge in [0, 0.05) is 29.7 Å². The lowest BCUT2D eigenvalue weighted by Gasteiger charge is -1.99. The molecule has 0 amide bonds. The van der Waals surface area contributed by atoms with Crippen molar-refractivity contribution in [2.24, 2.45) is 0 Å². The summed E-state index contributed by atoms with van der Waals surface area (Å²) in [5, 5.41) is 8.50. The Morgan fingerprint density at radius 3 is 2.39 bits per heavy atom. The summed E-state index contributed by atoms with van der Waals surface area (Å²) in [5.41, 5.74) is 1.36. The van der Waals surface area contributed by atoms with Gasteiger partial charge in [0.05, 0.1) is 6.42 Å². The smallest absolute Gasteiger partial charge is 0.303 e. The topological polar surface area (TPSA) is 54.4 Å². The summed E-state index contributed by atoms with van der Waals surface area (Å²) in [6.45, 7) is 0. The highest BCUT2D eigenvalue weighted by atomic mass is 32.1. The highest BCUT2D eigenvalue weighted by Gasteiger charge is 2.07. The molecule has 0 aliphatic heterocycles. The molecule has 0 heterocycles. The van der Waals surface area contributed by atoms with E-state index in [1.165, 1.54) is 0 Å². The number of ketones is 1. The number of benzene rings is 1. The van der Waals surface area contributed by atoms with Crippen LogP contribution in [0, 0.1) is 11.8 Å². The Balaban J connectivity index is 2.63. The minimum atomic E-state index is -0.961. The van der Waals surface area contributed by atoms with Crippen molar-refractivity contribution in [1.29, 1.82) is 0 Å². The average Bonchev–Trinajstić information content (AvgIpc) is 2.37. The number of hydrogen-bond donors (Lipinski definition) is 2. The maximum Gasteiger partial charge on any atom is 0.303 e. The van der Waals surface area contributed by atoms with Crippen molar-refractivity contribution >= 4 is 24.4 Å². The van der Waals surface area contributed by atoms with E-state index in [4.69, 9.17) is 5.11 Å². The first-order chi connectivity index (χ1) is 8.63. The molecule has 18 heavy (non-hydrogen) atoms. The zero-order valence-corrected chi connectivity index (χ0v) is 10.7. The van der Waals surface area contributed by atoms with Gasteiger partial charge in [0.15, 0.2) is 5.78 Å². The van der Waals surface area contributed by atoms with Crippen molar-refractivity contribution in [3.63, 3.8) is 0 Å². The molecule has 0 aliphatic rings. The molecule has 0 saturated heterocycles. The second-order valence-corrected chi connectivity index (χ2v) is 4.12. The van der Waals surface area contributed by atoms with Crippen molar-refractivity contribution in [2.75, 3.05) is 5.75 Å². The maximum atomic E-state index is 11.6. The Labute approximate surface area is 112 Å². The van der Waals surface area contributed by atoms with Crippen LogP contribution < -0.4 is 0 Å². The highest BCUT2D eigenvalue weighted by molar-refractivity contribution is 7.80. The van der Waals surface area contributed by atoms with E-state index in [1.807, 2.05) is 0 Å². The number of carbonyl (C=O) groups excluding carboxylic acids is 1. The van der Waals surface area contributed by atoms with Crippen molar-refractivity contribution < 1.29 is 14.7 Å². The first-order valence-electron chi connectivity index (χ1n) is 5.58. The number of aliphatic carboxylic acids is 1. The van der Waals surface area contributed by atoms with E-state index in [9.17, 15) is 9.59 Å². The van der Waals surface area contributed by atoms with Crippen LogP contribution in [0.5, 0.6) is 0 Å². The van der Waals surface area contributed by atoms with Crippen LogP contribution in [0.3, 0.4) is 0 Å². The van der Waals surface area contributed by atoms with Gasteiger partial charge < -0.3 is 5.11 Å². The van der Waals surface area contributed by atoms with Gasteiger partial charge in [-0.15, -0.1) is 0 Å². The fourth-order valence-electron chi connectivity index (χ4n) is 1.32. The van der Waals surface area contributed by atoms with Gasteiger partial charge in [0.25, 0.3) is 0 Å². The van der Waals surface area contributed by atoms with E-state index in [-0.39, 0.29) is 18.6 Å². The monoisotopic (exact) mass is 262 g/mol. The number of hydrogen-bond acceptors (Lipinski definition) is 3. The van der Waals surface area contributed by atoms with E-state index in [1.54, 1.807) is 24.3 Å². The first-order valence-corrected chi connectivity index (χ1v) is 6.21. The molecule has 3 nitrogen and oxygen atoms in total. The molecule has 0 aromatic heterocycles. The van der Waals surface area contributed by atoms with Crippen LogP contribution in [0.1, 0.15) is 35.2 Å². The molecule has 0 unspecified atom stereocenters. The molecule has 0 aliphatic carbocycles. The van der Waals surface area contributed by atoms with Crippen LogP contribution in [-0.2, 0) is 4.79 Å². The highest BCUT2D eigenvalue weighted by Crippen LogP contribution is 2.07. The fourth-order valence-corrected chi connectivity index (χ4v) is 1.44. The van der Waals surface area contributed by atoms with Gasteiger partial charge >= 0.3 is 5.97 Å². The lowest BCUT2D eigenvalue weighted by molar-refractivity contribution is -0.136. The van der Waals surface area contributed by atoms with Gasteiger partial charge in [-0.1, -0.05) is 24.0 Å². The third-order valence-corrected chi connectivity index (χ3v) is 2.47. The van der Waals surface area contributed by atoms with Crippen LogP contribution in [0.4, 0.5) is 0 Å². The number of carboxylic acids is 1. The predicted molar refractivity (Wildman–Crippen MR) is 73.0 cm³/mol. The van der Waals surface area contributed by atoms with Crippen LogP contribution >= 0.6 is 12.6 Å². The summed E-state index contributed by atoms with van der Waals surface area (Å²) in [6, 6.07) is 6.88. The molecule has 0 atom stereocenters. The van der Waals surface area contributed by atoms with Gasteiger partial charge in [-0.05, 0) is 12.1 Å². The number of carboxylic acid groups (broad SMARTS) is 1. The molecular weight excluding hydrogens is 248 g/mol. The predicted octanol–water partition coefficient (Wildman–Crippen LogP) is 2.41. The summed E-state index contributed by atoms with van der Waals surface area (Å²) in [5.74, 6) is 5.51. The van der Waals surface area contributed by atoms with Crippen molar-refractivity contribution in [3.05, 3.63) is 35.4 Å². The molecular formula is C14H14O3S. The Kier molecular flexibility index (Phi) is 6.03. The van der Waals surface area contributed by atoms with E-state index in [0.717, 1.165) is 17.7 Å². The summed E-state index contributed by atoms with van der Waals surface area (Å²) >= 11 is 4.05. The lowest BCUT2D eigenvalue weighted by Crippen LogP contribution is -2.03. The van der Waals surface area contributed by atoms with E-state index < -0.39 is 5.97 Å². The zero-order valence-electron chi connectivity index (χ0n) is 9.85. The number of thiol groups is 1. The largest absolute Gasteiger partial charge is 0.481 e. The van der Waals surface area contributed by atoms with Gasteiger partial charge in [0.2, 0.25) is 0 Å². The van der Waals surface area contributed by atoms with Gasteiger partial charge in [-0.25, -0.2) is 0 Å². The molecule has 1 rings (SSSR count). The van der Waals surface area contributed by atoms with Crippen LogP contribution in [0.2, 0.25) is 0 Å². The van der Waals surface area contributed by atoms with Crippen molar-refractivity contribution in [3.8, 4) is 11.8 Å². The molecule has 94 valence electrons. The Morgan fingerprint density at radius 2 is 1.83 bits per heavy atom. The van der Waals surface area contributed by atoms with Gasteiger partial charge in [0.1, 0.15) is 0 Å². The number of rotatable bonds is 5. The molecule has 1 aromatic rings. The number of carbonyl (C=O) groups is 2. The minimum Gasteiger partial charge on any atom is -0.481 e. The van der Waals surface area contributed by atoms with Gasteiger partial charge in [-0.2, -0.15) is 12.6 Å². The van der Waals surface area contributed by atoms with Crippen molar-refractivity contribution in [2.45, 2.75) is 19.3 Å². The lowest BCUT2D eigenvalue weighted by atomic mass is 10.0. The zero-order chi connectivity index (χ0) is 13.4. The molecule has 1 aromatic carbocycles. The van der Waals surface area contributed by atoms with Gasteiger partial charge in [-0.3, -0.25) is 9.59 Å². The molecule has 0 fully saturated rings. The second-order valence-electron chi connectivity index (χ2n) is 3.67. The molecule has 0 saturated carbocycles. The maximum absolute atomic E-state index is 11.6. The minimum absolute atomic E-state index is 0.0278. The third kappa shape index (κ3) is 5.07. The summed E-state index contributed by atoms with van der Waals surface area (Å²) in [6.07, 6.45) is 0.616. The third-order valence-electron chi connectivity index (χ3n) is 2.24. The molecule has 0 bridgehead atoms. The first kappa shape index (κ1) is 14.3. The molecule has 4 heteroatoms. The average molecular weight is 262 g/mol. The summed E-state index contributed by atoms with van der Waals surface area (Å²) in [4.78, 5) is 22.0.